The van der Waals surface area contributed by atoms with E-state index >= 15 is 0 Å². The predicted octanol–water partition coefficient (Wildman–Crippen LogP) is 3.94. The van der Waals surface area contributed by atoms with Crippen LogP contribution in [0.2, 0.25) is 0 Å². The summed E-state index contributed by atoms with van der Waals surface area (Å²) >= 11 is 0. The lowest BCUT2D eigenvalue weighted by molar-refractivity contribution is -0.128. The maximum Gasteiger partial charge on any atom is 0.227 e. The van der Waals surface area contributed by atoms with Crippen LogP contribution in [-0.2, 0) is 16.0 Å². The van der Waals surface area contributed by atoms with Crippen molar-refractivity contribution >= 4 is 17.5 Å². The van der Waals surface area contributed by atoms with E-state index in [-0.39, 0.29) is 29.3 Å². The third kappa shape index (κ3) is 5.79. The molecule has 0 spiro atoms. The molecular weight excluding hydrogens is 371 g/mol. The van der Waals surface area contributed by atoms with Crippen LogP contribution in [0.4, 0.5) is 10.1 Å². The van der Waals surface area contributed by atoms with Crippen molar-refractivity contribution in [3.8, 4) is 5.75 Å². The molecule has 3 rings (SSSR count). The standard InChI is InChI=1S/C23H27FN2O3/c1-29-19-12-6-16(7-13-19)14-15-25-22(27)17-8-10-18(11-9-17)23(28)26-21-5-3-2-4-20(21)24/h2-7,12-13,17-18H,8-11,14-15H2,1H3,(H,25,27)(H,26,28). The van der Waals surface area contributed by atoms with Crippen molar-refractivity contribution in [1.29, 1.82) is 0 Å². The fourth-order valence-electron chi connectivity index (χ4n) is 3.68. The Morgan fingerprint density at radius 2 is 1.59 bits per heavy atom. The second-order valence-electron chi connectivity index (χ2n) is 7.41. The summed E-state index contributed by atoms with van der Waals surface area (Å²) in [4.78, 5) is 24.8. The highest BCUT2D eigenvalue weighted by Crippen LogP contribution is 2.30. The van der Waals surface area contributed by atoms with Crippen LogP contribution in [-0.4, -0.2) is 25.5 Å². The first kappa shape index (κ1) is 20.8. The van der Waals surface area contributed by atoms with Crippen LogP contribution < -0.4 is 15.4 Å². The molecule has 2 aromatic carbocycles. The van der Waals surface area contributed by atoms with Gasteiger partial charge in [-0.3, -0.25) is 9.59 Å². The van der Waals surface area contributed by atoms with Crippen molar-refractivity contribution in [1.82, 2.24) is 5.32 Å². The minimum Gasteiger partial charge on any atom is -0.497 e. The molecule has 29 heavy (non-hydrogen) atoms. The highest BCUT2D eigenvalue weighted by molar-refractivity contribution is 5.92. The Hall–Kier alpha value is -2.89. The number of halogens is 1. The summed E-state index contributed by atoms with van der Waals surface area (Å²) in [6.07, 6.45) is 3.37. The molecule has 6 heteroatoms. The molecule has 1 saturated carbocycles. The summed E-state index contributed by atoms with van der Waals surface area (Å²) in [5.41, 5.74) is 1.34. The molecule has 0 atom stereocenters. The van der Waals surface area contributed by atoms with E-state index in [1.165, 1.54) is 6.07 Å². The smallest absolute Gasteiger partial charge is 0.227 e. The number of benzene rings is 2. The summed E-state index contributed by atoms with van der Waals surface area (Å²) < 4.78 is 18.8. The van der Waals surface area contributed by atoms with Gasteiger partial charge in [-0.05, 0) is 61.9 Å². The fourth-order valence-corrected chi connectivity index (χ4v) is 3.68. The molecule has 0 bridgehead atoms. The van der Waals surface area contributed by atoms with Gasteiger partial charge in [-0.2, -0.15) is 0 Å². The molecule has 0 aliphatic heterocycles. The molecule has 2 aromatic rings. The normalized spacial score (nSPS) is 18.7. The van der Waals surface area contributed by atoms with E-state index in [2.05, 4.69) is 10.6 Å². The van der Waals surface area contributed by atoms with E-state index in [4.69, 9.17) is 4.74 Å². The zero-order chi connectivity index (χ0) is 20.6. The molecule has 5 nitrogen and oxygen atoms in total. The van der Waals surface area contributed by atoms with Crippen LogP contribution in [0.5, 0.6) is 5.75 Å². The first-order valence-corrected chi connectivity index (χ1v) is 10.0. The zero-order valence-electron chi connectivity index (χ0n) is 16.6. The number of nitrogens with one attached hydrogen (secondary N) is 2. The van der Waals surface area contributed by atoms with Crippen molar-refractivity contribution < 1.29 is 18.7 Å². The highest BCUT2D eigenvalue weighted by atomic mass is 19.1. The number of para-hydroxylation sites is 1. The van der Waals surface area contributed by atoms with Crippen molar-refractivity contribution in [2.24, 2.45) is 11.8 Å². The number of ether oxygens (including phenoxy) is 1. The molecule has 154 valence electrons. The van der Waals surface area contributed by atoms with E-state index in [0.29, 0.717) is 32.2 Å². The number of carbonyl (C=O) groups excluding carboxylic acids is 2. The number of rotatable bonds is 7. The van der Waals surface area contributed by atoms with Crippen LogP contribution in [0, 0.1) is 17.7 Å². The van der Waals surface area contributed by atoms with Gasteiger partial charge in [0, 0.05) is 18.4 Å². The summed E-state index contributed by atoms with van der Waals surface area (Å²) in [5, 5.41) is 5.66. The van der Waals surface area contributed by atoms with Gasteiger partial charge in [0.15, 0.2) is 0 Å². The molecule has 0 heterocycles. The number of methoxy groups -OCH3 is 1. The monoisotopic (exact) mass is 398 g/mol. The van der Waals surface area contributed by atoms with Crippen LogP contribution in [0.1, 0.15) is 31.2 Å². The van der Waals surface area contributed by atoms with Gasteiger partial charge in [-0.1, -0.05) is 24.3 Å². The molecule has 2 amide bonds. The molecule has 1 fully saturated rings. The summed E-state index contributed by atoms with van der Waals surface area (Å²) in [5.74, 6) is 0.000584. The number of hydrogen-bond acceptors (Lipinski definition) is 3. The number of hydrogen-bond donors (Lipinski definition) is 2. The van der Waals surface area contributed by atoms with Crippen LogP contribution in [0.25, 0.3) is 0 Å². The highest BCUT2D eigenvalue weighted by Gasteiger charge is 2.30. The predicted molar refractivity (Wildman–Crippen MR) is 110 cm³/mol. The third-order valence-corrected chi connectivity index (χ3v) is 5.47. The average Bonchev–Trinajstić information content (AvgIpc) is 2.76. The first-order chi connectivity index (χ1) is 14.1. The van der Waals surface area contributed by atoms with Gasteiger partial charge in [-0.15, -0.1) is 0 Å². The molecular formula is C23H27FN2O3. The molecule has 0 radical (unpaired) electrons. The van der Waals surface area contributed by atoms with Gasteiger partial charge in [0.25, 0.3) is 0 Å². The van der Waals surface area contributed by atoms with Gasteiger partial charge < -0.3 is 15.4 Å². The Balaban J connectivity index is 1.39. The minimum absolute atomic E-state index is 0.0477. The van der Waals surface area contributed by atoms with Gasteiger partial charge >= 0.3 is 0 Å². The van der Waals surface area contributed by atoms with Gasteiger partial charge in [0.1, 0.15) is 11.6 Å². The van der Waals surface area contributed by atoms with Gasteiger partial charge in [0.05, 0.1) is 12.8 Å². The van der Waals surface area contributed by atoms with Crippen LogP contribution >= 0.6 is 0 Å². The lowest BCUT2D eigenvalue weighted by Crippen LogP contribution is -2.36. The van der Waals surface area contributed by atoms with Crippen molar-refractivity contribution in [2.45, 2.75) is 32.1 Å². The quantitative estimate of drug-likeness (QED) is 0.742. The summed E-state index contributed by atoms with van der Waals surface area (Å²) in [6, 6.07) is 13.9. The average molecular weight is 398 g/mol. The van der Waals surface area contributed by atoms with E-state index in [9.17, 15) is 14.0 Å². The first-order valence-electron chi connectivity index (χ1n) is 10.0. The third-order valence-electron chi connectivity index (χ3n) is 5.47. The molecule has 1 aliphatic rings. The molecule has 0 saturated heterocycles. The number of amides is 2. The second kappa shape index (κ2) is 10.0. The summed E-state index contributed by atoms with van der Waals surface area (Å²) in [7, 11) is 1.63. The Morgan fingerprint density at radius 3 is 2.21 bits per heavy atom. The Bertz CT molecular complexity index is 830. The fraction of sp³-hybridized carbons (Fsp3) is 0.391. The summed E-state index contributed by atoms with van der Waals surface area (Å²) in [6.45, 7) is 0.582. The van der Waals surface area contributed by atoms with Crippen molar-refractivity contribution in [3.05, 3.63) is 59.9 Å². The SMILES string of the molecule is COc1ccc(CCNC(=O)C2CCC(C(=O)Nc3ccccc3F)CC2)cc1. The van der Waals surface area contributed by atoms with E-state index in [1.807, 2.05) is 24.3 Å². The zero-order valence-corrected chi connectivity index (χ0v) is 16.6. The molecule has 0 aromatic heterocycles. The van der Waals surface area contributed by atoms with Crippen LogP contribution in [0.15, 0.2) is 48.5 Å². The minimum atomic E-state index is -0.439. The number of anilines is 1. The number of carbonyl (C=O) groups is 2. The van der Waals surface area contributed by atoms with Gasteiger partial charge in [-0.25, -0.2) is 4.39 Å². The van der Waals surface area contributed by atoms with E-state index in [0.717, 1.165) is 17.7 Å². The van der Waals surface area contributed by atoms with Crippen LogP contribution in [0.3, 0.4) is 0 Å². The molecule has 2 N–H and O–H groups in total. The van der Waals surface area contributed by atoms with E-state index < -0.39 is 5.82 Å². The molecule has 1 aliphatic carbocycles. The lowest BCUT2D eigenvalue weighted by Gasteiger charge is -2.27. The van der Waals surface area contributed by atoms with Crippen molar-refractivity contribution in [3.63, 3.8) is 0 Å². The Kier molecular flexibility index (Phi) is 7.22. The Labute approximate surface area is 170 Å². The van der Waals surface area contributed by atoms with Gasteiger partial charge in [0.2, 0.25) is 11.8 Å². The topological polar surface area (TPSA) is 67.4 Å². The largest absolute Gasteiger partial charge is 0.497 e. The Morgan fingerprint density at radius 1 is 0.966 bits per heavy atom. The van der Waals surface area contributed by atoms with Crippen molar-refractivity contribution in [2.75, 3.05) is 19.0 Å². The second-order valence-corrected chi connectivity index (χ2v) is 7.41. The maximum absolute atomic E-state index is 13.7. The lowest BCUT2D eigenvalue weighted by atomic mass is 9.81. The molecule has 0 unspecified atom stereocenters. The van der Waals surface area contributed by atoms with E-state index in [1.54, 1.807) is 25.3 Å². The maximum atomic E-state index is 13.7.